The summed E-state index contributed by atoms with van der Waals surface area (Å²) in [5, 5.41) is 14.1. The van der Waals surface area contributed by atoms with Gasteiger partial charge in [-0.15, -0.1) is 11.3 Å². The SMILES string of the molecule is CC(O)C(=O)NCC(c1cccs1)N1CCCC1. The minimum Gasteiger partial charge on any atom is -0.384 e. The van der Waals surface area contributed by atoms with Gasteiger partial charge < -0.3 is 10.4 Å². The van der Waals surface area contributed by atoms with E-state index in [1.165, 1.54) is 24.6 Å². The Balaban J connectivity index is 1.99. The van der Waals surface area contributed by atoms with E-state index >= 15 is 0 Å². The van der Waals surface area contributed by atoms with Gasteiger partial charge in [0.05, 0.1) is 6.04 Å². The van der Waals surface area contributed by atoms with Gasteiger partial charge in [-0.1, -0.05) is 6.07 Å². The molecule has 2 N–H and O–H groups in total. The molecular formula is C13H20N2O2S. The van der Waals surface area contributed by atoms with E-state index in [4.69, 9.17) is 0 Å². The van der Waals surface area contributed by atoms with Crippen molar-refractivity contribution in [3.8, 4) is 0 Å². The fourth-order valence-corrected chi connectivity index (χ4v) is 3.15. The predicted octanol–water partition coefficient (Wildman–Crippen LogP) is 1.38. The summed E-state index contributed by atoms with van der Waals surface area (Å²) in [5.41, 5.74) is 0. The Morgan fingerprint density at radius 1 is 1.56 bits per heavy atom. The van der Waals surface area contributed by atoms with Crippen LogP contribution in [0.1, 0.15) is 30.7 Å². The van der Waals surface area contributed by atoms with Gasteiger partial charge in [0.25, 0.3) is 0 Å². The van der Waals surface area contributed by atoms with E-state index in [2.05, 4.69) is 21.7 Å². The van der Waals surface area contributed by atoms with Crippen molar-refractivity contribution in [3.05, 3.63) is 22.4 Å². The average molecular weight is 268 g/mol. The van der Waals surface area contributed by atoms with E-state index in [1.807, 2.05) is 6.07 Å². The first-order valence-corrected chi connectivity index (χ1v) is 7.29. The molecular weight excluding hydrogens is 248 g/mol. The van der Waals surface area contributed by atoms with Crippen LogP contribution < -0.4 is 5.32 Å². The van der Waals surface area contributed by atoms with Gasteiger partial charge >= 0.3 is 0 Å². The Bertz CT molecular complexity index is 372. The number of hydrogen-bond acceptors (Lipinski definition) is 4. The number of likely N-dealkylation sites (tertiary alicyclic amines) is 1. The van der Waals surface area contributed by atoms with E-state index in [1.54, 1.807) is 11.3 Å². The highest BCUT2D eigenvalue weighted by Gasteiger charge is 2.25. The van der Waals surface area contributed by atoms with E-state index in [0.29, 0.717) is 6.54 Å². The fourth-order valence-electron chi connectivity index (χ4n) is 2.29. The van der Waals surface area contributed by atoms with Gasteiger partial charge in [0, 0.05) is 11.4 Å². The predicted molar refractivity (Wildman–Crippen MR) is 72.6 cm³/mol. The van der Waals surface area contributed by atoms with Crippen molar-refractivity contribution in [2.75, 3.05) is 19.6 Å². The third-order valence-corrected chi connectivity index (χ3v) is 4.28. The molecule has 0 aromatic carbocycles. The summed E-state index contributed by atoms with van der Waals surface area (Å²) in [4.78, 5) is 15.1. The van der Waals surface area contributed by atoms with Gasteiger partial charge in [-0.05, 0) is 44.3 Å². The number of amides is 1. The Morgan fingerprint density at radius 3 is 2.83 bits per heavy atom. The van der Waals surface area contributed by atoms with Gasteiger partial charge in [-0.25, -0.2) is 0 Å². The molecule has 0 radical (unpaired) electrons. The van der Waals surface area contributed by atoms with E-state index in [9.17, 15) is 9.90 Å². The molecule has 0 saturated carbocycles. The summed E-state index contributed by atoms with van der Waals surface area (Å²) < 4.78 is 0. The monoisotopic (exact) mass is 268 g/mol. The Kier molecular flexibility index (Phi) is 4.74. The van der Waals surface area contributed by atoms with Crippen LogP contribution in [-0.4, -0.2) is 41.7 Å². The van der Waals surface area contributed by atoms with Crippen LogP contribution in [0.2, 0.25) is 0 Å². The number of thiophene rings is 1. The molecule has 100 valence electrons. The van der Waals surface area contributed by atoms with Crippen LogP contribution in [0.15, 0.2) is 17.5 Å². The van der Waals surface area contributed by atoms with Gasteiger partial charge in [0.2, 0.25) is 5.91 Å². The first kappa shape index (κ1) is 13.5. The van der Waals surface area contributed by atoms with Crippen molar-refractivity contribution < 1.29 is 9.90 Å². The maximum atomic E-state index is 11.5. The Hall–Kier alpha value is -0.910. The number of hydrogen-bond donors (Lipinski definition) is 2. The molecule has 1 aliphatic heterocycles. The summed E-state index contributed by atoms with van der Waals surface area (Å²) in [6.07, 6.45) is 1.52. The van der Waals surface area contributed by atoms with Crippen LogP contribution >= 0.6 is 11.3 Å². The van der Waals surface area contributed by atoms with Crippen molar-refractivity contribution in [3.63, 3.8) is 0 Å². The maximum Gasteiger partial charge on any atom is 0.248 e. The van der Waals surface area contributed by atoms with E-state index < -0.39 is 6.10 Å². The minimum absolute atomic E-state index is 0.246. The third-order valence-electron chi connectivity index (χ3n) is 3.30. The van der Waals surface area contributed by atoms with Crippen molar-refractivity contribution in [2.45, 2.75) is 31.9 Å². The molecule has 1 aliphatic rings. The highest BCUT2D eigenvalue weighted by molar-refractivity contribution is 7.10. The van der Waals surface area contributed by atoms with Crippen LogP contribution in [0.4, 0.5) is 0 Å². The van der Waals surface area contributed by atoms with Crippen LogP contribution in [0.3, 0.4) is 0 Å². The zero-order valence-electron chi connectivity index (χ0n) is 10.6. The van der Waals surface area contributed by atoms with Crippen LogP contribution in [0.25, 0.3) is 0 Å². The second-order valence-electron chi connectivity index (χ2n) is 4.70. The first-order valence-electron chi connectivity index (χ1n) is 6.41. The molecule has 1 saturated heterocycles. The molecule has 0 bridgehead atoms. The van der Waals surface area contributed by atoms with Crippen molar-refractivity contribution in [1.29, 1.82) is 0 Å². The average Bonchev–Trinajstić information content (AvgIpc) is 3.01. The molecule has 18 heavy (non-hydrogen) atoms. The van der Waals surface area contributed by atoms with Crippen LogP contribution in [0, 0.1) is 0 Å². The molecule has 2 atom stereocenters. The van der Waals surface area contributed by atoms with Gasteiger partial charge in [0.15, 0.2) is 0 Å². The molecule has 0 spiro atoms. The largest absolute Gasteiger partial charge is 0.384 e. The molecule has 5 heteroatoms. The molecule has 2 heterocycles. The topological polar surface area (TPSA) is 52.6 Å². The van der Waals surface area contributed by atoms with Crippen LogP contribution in [-0.2, 0) is 4.79 Å². The summed E-state index contributed by atoms with van der Waals surface area (Å²) in [5.74, 6) is -0.296. The highest BCUT2D eigenvalue weighted by atomic mass is 32.1. The van der Waals surface area contributed by atoms with E-state index in [-0.39, 0.29) is 11.9 Å². The second kappa shape index (κ2) is 6.31. The summed E-state index contributed by atoms with van der Waals surface area (Å²) in [6, 6.07) is 4.40. The molecule has 1 amide bonds. The number of carbonyl (C=O) groups is 1. The second-order valence-corrected chi connectivity index (χ2v) is 5.67. The molecule has 1 fully saturated rings. The zero-order valence-corrected chi connectivity index (χ0v) is 11.4. The number of nitrogens with one attached hydrogen (secondary N) is 1. The molecule has 4 nitrogen and oxygen atoms in total. The normalized spacial score (nSPS) is 19.7. The van der Waals surface area contributed by atoms with Crippen molar-refractivity contribution in [1.82, 2.24) is 10.2 Å². The van der Waals surface area contributed by atoms with E-state index in [0.717, 1.165) is 13.1 Å². The number of aliphatic hydroxyl groups excluding tert-OH is 1. The number of nitrogens with zero attached hydrogens (tertiary/aromatic N) is 1. The number of carbonyl (C=O) groups excluding carboxylic acids is 1. The fraction of sp³-hybridized carbons (Fsp3) is 0.615. The molecule has 0 aliphatic carbocycles. The first-order chi connectivity index (χ1) is 8.68. The smallest absolute Gasteiger partial charge is 0.248 e. The number of aliphatic hydroxyl groups is 1. The van der Waals surface area contributed by atoms with Crippen molar-refractivity contribution >= 4 is 17.2 Å². The molecule has 1 aromatic rings. The van der Waals surface area contributed by atoms with Gasteiger partial charge in [0.1, 0.15) is 6.10 Å². The summed E-state index contributed by atoms with van der Waals surface area (Å²) in [6.45, 7) is 4.25. The molecule has 2 rings (SSSR count). The van der Waals surface area contributed by atoms with Crippen LogP contribution in [0.5, 0.6) is 0 Å². The van der Waals surface area contributed by atoms with Gasteiger partial charge in [-0.3, -0.25) is 9.69 Å². The zero-order chi connectivity index (χ0) is 13.0. The van der Waals surface area contributed by atoms with Gasteiger partial charge in [-0.2, -0.15) is 0 Å². The molecule has 2 unspecified atom stereocenters. The summed E-state index contributed by atoms with van der Waals surface area (Å²) >= 11 is 1.72. The lowest BCUT2D eigenvalue weighted by molar-refractivity contribution is -0.128. The quantitative estimate of drug-likeness (QED) is 0.848. The standard InChI is InChI=1S/C13H20N2O2S/c1-10(16)13(17)14-9-11(12-5-4-8-18-12)15-6-2-3-7-15/h4-5,8,10-11,16H,2-3,6-7,9H2,1H3,(H,14,17). The maximum absolute atomic E-state index is 11.5. The third kappa shape index (κ3) is 3.31. The number of rotatable bonds is 5. The summed E-state index contributed by atoms with van der Waals surface area (Å²) in [7, 11) is 0. The van der Waals surface area contributed by atoms with Crippen molar-refractivity contribution in [2.24, 2.45) is 0 Å². The Morgan fingerprint density at radius 2 is 2.28 bits per heavy atom. The lowest BCUT2D eigenvalue weighted by atomic mass is 10.2. The minimum atomic E-state index is -0.937. The lowest BCUT2D eigenvalue weighted by Crippen LogP contribution is -2.39. The Labute approximate surface area is 112 Å². The highest BCUT2D eigenvalue weighted by Crippen LogP contribution is 2.27. The molecule has 1 aromatic heterocycles. The lowest BCUT2D eigenvalue weighted by Gasteiger charge is -2.27.